The van der Waals surface area contributed by atoms with Crippen molar-refractivity contribution in [2.24, 2.45) is 11.8 Å². The van der Waals surface area contributed by atoms with Crippen LogP contribution in [0.25, 0.3) is 11.3 Å². The van der Waals surface area contributed by atoms with Crippen LogP contribution < -0.4 is 10.1 Å². The fourth-order valence-electron chi connectivity index (χ4n) is 4.82. The van der Waals surface area contributed by atoms with Gasteiger partial charge in [0.15, 0.2) is 0 Å². The quantitative estimate of drug-likeness (QED) is 0.433. The maximum Gasteiger partial charge on any atom is 0.294 e. The zero-order valence-electron chi connectivity index (χ0n) is 20.2. The van der Waals surface area contributed by atoms with Crippen LogP contribution in [0.2, 0.25) is 5.02 Å². The van der Waals surface area contributed by atoms with Gasteiger partial charge < -0.3 is 19.8 Å². The second-order valence-electron chi connectivity index (χ2n) is 9.58. The van der Waals surface area contributed by atoms with Gasteiger partial charge in [-0.25, -0.2) is 9.97 Å². The number of hydrogen-bond donors (Lipinski definition) is 2. The lowest BCUT2D eigenvalue weighted by Gasteiger charge is -2.22. The molecule has 10 heteroatoms. The summed E-state index contributed by atoms with van der Waals surface area (Å²) < 4.78 is 11.4. The molecule has 0 radical (unpaired) electrons. The summed E-state index contributed by atoms with van der Waals surface area (Å²) in [6.07, 6.45) is 10.5. The Labute approximate surface area is 215 Å². The van der Waals surface area contributed by atoms with E-state index in [0.29, 0.717) is 40.5 Å². The van der Waals surface area contributed by atoms with Gasteiger partial charge in [0.1, 0.15) is 23.7 Å². The molecule has 1 saturated heterocycles. The van der Waals surface area contributed by atoms with E-state index in [1.54, 1.807) is 12.1 Å². The molecule has 3 aromatic rings. The van der Waals surface area contributed by atoms with Crippen LogP contribution in [0, 0.1) is 11.8 Å². The van der Waals surface area contributed by atoms with Crippen molar-refractivity contribution in [2.45, 2.75) is 51.4 Å². The molecule has 2 aliphatic rings. The first-order valence-electron chi connectivity index (χ1n) is 12.7. The zero-order chi connectivity index (χ0) is 24.7. The van der Waals surface area contributed by atoms with E-state index in [1.165, 1.54) is 38.4 Å². The molecule has 1 aliphatic carbocycles. The van der Waals surface area contributed by atoms with Gasteiger partial charge in [-0.3, -0.25) is 4.79 Å². The van der Waals surface area contributed by atoms with Crippen molar-refractivity contribution in [2.75, 3.05) is 25.1 Å². The van der Waals surface area contributed by atoms with E-state index in [1.807, 2.05) is 12.1 Å². The Bertz CT molecular complexity index is 1170. The Morgan fingerprint density at radius 2 is 1.89 bits per heavy atom. The summed E-state index contributed by atoms with van der Waals surface area (Å²) in [6, 6.07) is 7.19. The van der Waals surface area contributed by atoms with E-state index in [-0.39, 0.29) is 5.82 Å². The van der Waals surface area contributed by atoms with Gasteiger partial charge in [0, 0.05) is 31.3 Å². The highest BCUT2D eigenvalue weighted by atomic mass is 35.5. The fourth-order valence-corrected chi connectivity index (χ4v) is 5.04. The van der Waals surface area contributed by atoms with Gasteiger partial charge in [0.25, 0.3) is 5.91 Å². The number of ether oxygens (including phenoxy) is 2. The molecule has 2 N–H and O–H groups in total. The number of benzene rings is 1. The third kappa shape index (κ3) is 6.39. The number of amides is 1. The molecule has 2 aromatic heterocycles. The van der Waals surface area contributed by atoms with Crippen LogP contribution in [0.15, 0.2) is 30.6 Å². The number of halogens is 1. The molecule has 1 amide bonds. The van der Waals surface area contributed by atoms with E-state index >= 15 is 0 Å². The topological polar surface area (TPSA) is 115 Å². The highest BCUT2D eigenvalue weighted by Crippen LogP contribution is 2.32. The number of rotatable bonds is 8. The van der Waals surface area contributed by atoms with Gasteiger partial charge in [0.05, 0.1) is 17.3 Å². The largest absolute Gasteiger partial charge is 0.493 e. The van der Waals surface area contributed by atoms with E-state index in [9.17, 15) is 4.79 Å². The Hall–Kier alpha value is -3.04. The number of nitrogens with one attached hydrogen (secondary N) is 2. The van der Waals surface area contributed by atoms with Crippen LogP contribution in [0.1, 0.15) is 61.4 Å². The normalized spacial score (nSPS) is 17.1. The van der Waals surface area contributed by atoms with Crippen molar-refractivity contribution >= 4 is 23.3 Å². The lowest BCUT2D eigenvalue weighted by Crippen LogP contribution is -2.21. The van der Waals surface area contributed by atoms with Crippen molar-refractivity contribution in [3.8, 4) is 17.0 Å². The van der Waals surface area contributed by atoms with Crippen molar-refractivity contribution in [1.82, 2.24) is 25.1 Å². The molecule has 2 fully saturated rings. The molecule has 1 aromatic carbocycles. The van der Waals surface area contributed by atoms with Crippen LogP contribution in [-0.2, 0) is 11.2 Å². The van der Waals surface area contributed by atoms with Gasteiger partial charge in [-0.15, -0.1) is 10.2 Å². The molecule has 0 spiro atoms. The number of nitrogens with zero attached hydrogens (tertiary/aromatic N) is 4. The van der Waals surface area contributed by atoms with Crippen molar-refractivity contribution in [3.05, 3.63) is 47.3 Å². The molecule has 190 valence electrons. The molecular weight excluding hydrogens is 480 g/mol. The standard InChI is InChI=1S/C26H31ClN6O3/c27-21-7-6-19(36-15-18-8-10-35-11-9-18)13-20(21)22-14-23(29-16-28-22)31-26(34)25-30-24(32-33-25)12-17-4-2-1-3-5-17/h6-7,13-14,16-18H,1-5,8-12,15H2,(H,30,32,33)(H,28,29,31,34). The molecule has 0 bridgehead atoms. The Morgan fingerprint density at radius 1 is 1.06 bits per heavy atom. The minimum atomic E-state index is -0.401. The van der Waals surface area contributed by atoms with E-state index in [2.05, 4.69) is 30.5 Å². The summed E-state index contributed by atoms with van der Waals surface area (Å²) >= 11 is 6.47. The van der Waals surface area contributed by atoms with Gasteiger partial charge in [-0.1, -0.05) is 43.7 Å². The van der Waals surface area contributed by atoms with Gasteiger partial charge in [0.2, 0.25) is 5.82 Å². The number of hydrogen-bond acceptors (Lipinski definition) is 7. The predicted octanol–water partition coefficient (Wildman–Crippen LogP) is 5.10. The summed E-state index contributed by atoms with van der Waals surface area (Å²) in [5, 5.41) is 11.5. The lowest BCUT2D eigenvalue weighted by atomic mass is 9.87. The van der Waals surface area contributed by atoms with Crippen molar-refractivity contribution in [1.29, 1.82) is 0 Å². The molecule has 0 unspecified atom stereocenters. The minimum Gasteiger partial charge on any atom is -0.493 e. The molecule has 36 heavy (non-hydrogen) atoms. The second-order valence-corrected chi connectivity index (χ2v) is 9.99. The van der Waals surface area contributed by atoms with E-state index < -0.39 is 5.91 Å². The van der Waals surface area contributed by atoms with Crippen LogP contribution >= 0.6 is 11.6 Å². The summed E-state index contributed by atoms with van der Waals surface area (Å²) in [5.41, 5.74) is 1.28. The van der Waals surface area contributed by atoms with Gasteiger partial charge in [-0.05, 0) is 42.9 Å². The lowest BCUT2D eigenvalue weighted by molar-refractivity contribution is 0.0497. The number of aromatic amines is 1. The second kappa shape index (κ2) is 11.8. The van der Waals surface area contributed by atoms with E-state index in [4.69, 9.17) is 21.1 Å². The average molecular weight is 511 g/mol. The summed E-state index contributed by atoms with van der Waals surface area (Å²) in [5.74, 6) is 2.67. The van der Waals surface area contributed by atoms with Crippen LogP contribution in [-0.4, -0.2) is 50.9 Å². The molecule has 3 heterocycles. The van der Waals surface area contributed by atoms with Crippen molar-refractivity contribution in [3.63, 3.8) is 0 Å². The molecule has 5 rings (SSSR count). The number of carbonyl (C=O) groups excluding carboxylic acids is 1. The van der Waals surface area contributed by atoms with Crippen molar-refractivity contribution < 1.29 is 14.3 Å². The third-order valence-electron chi connectivity index (χ3n) is 6.90. The maximum atomic E-state index is 12.8. The summed E-state index contributed by atoms with van der Waals surface area (Å²) in [6.45, 7) is 2.20. The Kier molecular flexibility index (Phi) is 8.08. The summed E-state index contributed by atoms with van der Waals surface area (Å²) in [7, 11) is 0. The molecule has 1 aliphatic heterocycles. The van der Waals surface area contributed by atoms with Crippen LogP contribution in [0.3, 0.4) is 0 Å². The highest BCUT2D eigenvalue weighted by Gasteiger charge is 2.19. The fraction of sp³-hybridized carbons (Fsp3) is 0.500. The molecular formula is C26H31ClN6O3. The predicted molar refractivity (Wildman–Crippen MR) is 136 cm³/mol. The number of aromatic nitrogens is 5. The molecule has 1 saturated carbocycles. The third-order valence-corrected chi connectivity index (χ3v) is 7.23. The maximum absolute atomic E-state index is 12.8. The minimum absolute atomic E-state index is 0.169. The SMILES string of the molecule is O=C(Nc1cc(-c2cc(OCC3CCOCC3)ccc2Cl)ncn1)c1nnc(CC2CCCCC2)[nH]1. The molecule has 9 nitrogen and oxygen atoms in total. The van der Waals surface area contributed by atoms with Gasteiger partial charge >= 0.3 is 0 Å². The number of anilines is 1. The first kappa shape index (κ1) is 24.6. The zero-order valence-corrected chi connectivity index (χ0v) is 21.0. The Morgan fingerprint density at radius 3 is 2.72 bits per heavy atom. The number of H-pyrrole nitrogens is 1. The van der Waals surface area contributed by atoms with Crippen LogP contribution in [0.4, 0.5) is 5.82 Å². The highest BCUT2D eigenvalue weighted by molar-refractivity contribution is 6.33. The first-order valence-corrected chi connectivity index (χ1v) is 13.1. The smallest absolute Gasteiger partial charge is 0.294 e. The summed E-state index contributed by atoms with van der Waals surface area (Å²) in [4.78, 5) is 24.4. The Balaban J connectivity index is 1.23. The molecule has 0 atom stereocenters. The average Bonchev–Trinajstić information content (AvgIpc) is 3.38. The first-order chi connectivity index (χ1) is 17.6. The van der Waals surface area contributed by atoms with Gasteiger partial charge in [-0.2, -0.15) is 0 Å². The van der Waals surface area contributed by atoms with E-state index in [0.717, 1.165) is 44.1 Å². The monoisotopic (exact) mass is 510 g/mol. The number of carbonyl (C=O) groups is 1. The van der Waals surface area contributed by atoms with Crippen LogP contribution in [0.5, 0.6) is 5.75 Å².